The Kier molecular flexibility index (Phi) is 3.52. The number of aliphatic hydroxyl groups excluding tert-OH is 1. The molecule has 1 saturated heterocycles. The lowest BCUT2D eigenvalue weighted by Crippen LogP contribution is -2.48. The second-order valence-corrected chi connectivity index (χ2v) is 5.12. The van der Waals surface area contributed by atoms with Crippen LogP contribution >= 0.6 is 0 Å². The first-order valence-corrected chi connectivity index (χ1v) is 5.64. The zero-order valence-electron chi connectivity index (χ0n) is 10.1. The minimum absolute atomic E-state index is 0.00406. The van der Waals surface area contributed by atoms with Crippen LogP contribution in [-0.2, 0) is 15.9 Å². The Balaban J connectivity index is 2.18. The predicted octanol–water partition coefficient (Wildman–Crippen LogP) is 1.09. The first kappa shape index (κ1) is 12.5. The van der Waals surface area contributed by atoms with Gasteiger partial charge in [-0.25, -0.2) is 4.39 Å². The molecule has 17 heavy (non-hydrogen) atoms. The Labute approximate surface area is 101 Å². The van der Waals surface area contributed by atoms with Crippen LogP contribution in [0, 0.1) is 11.2 Å². The number of halogens is 1. The van der Waals surface area contributed by atoms with Gasteiger partial charge >= 0.3 is 7.12 Å². The summed E-state index contributed by atoms with van der Waals surface area (Å²) in [5, 5.41) is 9.20. The highest BCUT2D eigenvalue weighted by Gasteiger charge is 2.34. The summed E-state index contributed by atoms with van der Waals surface area (Å²) in [5.41, 5.74) is 1.20. The molecule has 1 heterocycles. The normalized spacial score (nSPS) is 19.4. The van der Waals surface area contributed by atoms with E-state index in [-0.39, 0.29) is 17.8 Å². The number of hydrogen-bond donors (Lipinski definition) is 1. The maximum atomic E-state index is 13.0. The van der Waals surface area contributed by atoms with Crippen molar-refractivity contribution in [3.8, 4) is 0 Å². The van der Waals surface area contributed by atoms with Crippen molar-refractivity contribution in [1.29, 1.82) is 0 Å². The largest absolute Gasteiger partial charge is 0.494 e. The molecule has 1 N–H and O–H groups in total. The fourth-order valence-corrected chi connectivity index (χ4v) is 1.81. The van der Waals surface area contributed by atoms with Crippen LogP contribution in [0.2, 0.25) is 0 Å². The summed E-state index contributed by atoms with van der Waals surface area (Å²) in [6, 6.07) is 4.26. The van der Waals surface area contributed by atoms with Gasteiger partial charge in [0.05, 0.1) is 6.61 Å². The topological polar surface area (TPSA) is 38.7 Å². The summed E-state index contributed by atoms with van der Waals surface area (Å²) in [7, 11) is -0.509. The van der Waals surface area contributed by atoms with Gasteiger partial charge in [0.15, 0.2) is 0 Å². The minimum atomic E-state index is -0.509. The fourth-order valence-electron chi connectivity index (χ4n) is 1.81. The molecule has 0 aliphatic carbocycles. The fraction of sp³-hybridized carbons (Fsp3) is 0.500. The predicted molar refractivity (Wildman–Crippen MR) is 63.4 cm³/mol. The summed E-state index contributed by atoms with van der Waals surface area (Å²) in [6.45, 7) is 5.06. The van der Waals surface area contributed by atoms with Crippen molar-refractivity contribution in [3.63, 3.8) is 0 Å². The highest BCUT2D eigenvalue weighted by Crippen LogP contribution is 2.21. The van der Waals surface area contributed by atoms with E-state index < -0.39 is 7.12 Å². The van der Waals surface area contributed by atoms with Crippen LogP contribution in [0.4, 0.5) is 4.39 Å². The third-order valence-corrected chi connectivity index (χ3v) is 2.78. The van der Waals surface area contributed by atoms with Crippen molar-refractivity contribution in [2.45, 2.75) is 20.5 Å². The Hall–Kier alpha value is -0.905. The molecular formula is C12H16BFO3. The van der Waals surface area contributed by atoms with E-state index in [4.69, 9.17) is 9.31 Å². The molecule has 1 aromatic rings. The van der Waals surface area contributed by atoms with E-state index in [1.807, 2.05) is 0 Å². The summed E-state index contributed by atoms with van der Waals surface area (Å²) in [5.74, 6) is -0.367. The van der Waals surface area contributed by atoms with Crippen LogP contribution in [0.25, 0.3) is 0 Å². The SMILES string of the molecule is CC1(C)COB(c2ccc(F)cc2CO)OC1. The molecule has 0 bridgehead atoms. The molecule has 0 unspecified atom stereocenters. The van der Waals surface area contributed by atoms with Crippen molar-refractivity contribution >= 4 is 12.6 Å². The van der Waals surface area contributed by atoms with E-state index in [1.165, 1.54) is 12.1 Å². The average Bonchev–Trinajstić information content (AvgIpc) is 2.29. The molecule has 3 nitrogen and oxygen atoms in total. The van der Waals surface area contributed by atoms with E-state index in [9.17, 15) is 9.50 Å². The zero-order chi connectivity index (χ0) is 12.5. The van der Waals surface area contributed by atoms with Gasteiger partial charge in [-0.05, 0) is 23.2 Å². The molecule has 0 amide bonds. The molecule has 0 aromatic heterocycles. The van der Waals surface area contributed by atoms with Crippen molar-refractivity contribution in [3.05, 3.63) is 29.6 Å². The summed E-state index contributed by atoms with van der Waals surface area (Å²) in [6.07, 6.45) is 0. The molecule has 1 aliphatic heterocycles. The van der Waals surface area contributed by atoms with Crippen molar-refractivity contribution in [2.24, 2.45) is 5.41 Å². The van der Waals surface area contributed by atoms with Crippen molar-refractivity contribution in [1.82, 2.24) is 0 Å². The molecular weight excluding hydrogens is 222 g/mol. The van der Waals surface area contributed by atoms with Gasteiger partial charge in [0, 0.05) is 18.6 Å². The maximum absolute atomic E-state index is 13.0. The maximum Gasteiger partial charge on any atom is 0.494 e. The monoisotopic (exact) mass is 238 g/mol. The summed E-state index contributed by atoms with van der Waals surface area (Å²) >= 11 is 0. The van der Waals surface area contributed by atoms with Crippen LogP contribution in [0.1, 0.15) is 19.4 Å². The second kappa shape index (κ2) is 4.76. The molecule has 92 valence electrons. The lowest BCUT2D eigenvalue weighted by atomic mass is 9.73. The summed E-state index contributed by atoms with van der Waals surface area (Å²) in [4.78, 5) is 0. The molecule has 2 rings (SSSR count). The van der Waals surface area contributed by atoms with Crippen LogP contribution in [-0.4, -0.2) is 25.4 Å². The Morgan fingerprint density at radius 2 is 2.00 bits per heavy atom. The van der Waals surface area contributed by atoms with E-state index >= 15 is 0 Å². The second-order valence-electron chi connectivity index (χ2n) is 5.12. The van der Waals surface area contributed by atoms with Crippen molar-refractivity contribution < 1.29 is 18.8 Å². The molecule has 0 radical (unpaired) electrons. The first-order valence-electron chi connectivity index (χ1n) is 5.64. The third kappa shape index (κ3) is 2.86. The Morgan fingerprint density at radius 3 is 2.59 bits per heavy atom. The first-order chi connectivity index (χ1) is 8.02. The van der Waals surface area contributed by atoms with Crippen LogP contribution < -0.4 is 5.46 Å². The van der Waals surface area contributed by atoms with Gasteiger partial charge in [-0.2, -0.15) is 0 Å². The molecule has 0 atom stereocenters. The molecule has 0 spiro atoms. The highest BCUT2D eigenvalue weighted by molar-refractivity contribution is 6.62. The van der Waals surface area contributed by atoms with Crippen molar-refractivity contribution in [2.75, 3.05) is 13.2 Å². The average molecular weight is 238 g/mol. The summed E-state index contributed by atoms with van der Waals surface area (Å²) < 4.78 is 24.2. The Morgan fingerprint density at radius 1 is 1.35 bits per heavy atom. The third-order valence-electron chi connectivity index (χ3n) is 2.78. The number of benzene rings is 1. The minimum Gasteiger partial charge on any atom is -0.407 e. The van der Waals surface area contributed by atoms with Gasteiger partial charge in [0.2, 0.25) is 0 Å². The quantitative estimate of drug-likeness (QED) is 0.783. The van der Waals surface area contributed by atoms with Gasteiger partial charge in [-0.15, -0.1) is 0 Å². The number of hydrogen-bond acceptors (Lipinski definition) is 3. The molecule has 1 aromatic carbocycles. The van der Waals surface area contributed by atoms with Gasteiger partial charge in [-0.1, -0.05) is 19.9 Å². The molecule has 1 aliphatic rings. The molecule has 1 fully saturated rings. The standard InChI is InChI=1S/C12H16BFO3/c1-12(2)7-16-13(17-8-12)11-4-3-10(14)5-9(11)6-15/h3-5,15H,6-8H2,1-2H3. The van der Waals surface area contributed by atoms with E-state index in [2.05, 4.69) is 13.8 Å². The van der Waals surface area contributed by atoms with Gasteiger partial charge in [0.25, 0.3) is 0 Å². The smallest absolute Gasteiger partial charge is 0.407 e. The molecule has 5 heteroatoms. The van der Waals surface area contributed by atoms with Crippen LogP contribution in [0.5, 0.6) is 0 Å². The van der Waals surface area contributed by atoms with Gasteiger partial charge < -0.3 is 14.4 Å². The zero-order valence-corrected chi connectivity index (χ0v) is 10.1. The van der Waals surface area contributed by atoms with E-state index in [1.54, 1.807) is 6.07 Å². The lowest BCUT2D eigenvalue weighted by molar-refractivity contribution is 0.0341. The van der Waals surface area contributed by atoms with Crippen LogP contribution in [0.15, 0.2) is 18.2 Å². The number of rotatable bonds is 2. The van der Waals surface area contributed by atoms with Crippen LogP contribution in [0.3, 0.4) is 0 Å². The van der Waals surface area contributed by atoms with E-state index in [0.717, 1.165) is 0 Å². The lowest BCUT2D eigenvalue weighted by Gasteiger charge is -2.33. The van der Waals surface area contributed by atoms with Gasteiger partial charge in [0.1, 0.15) is 5.82 Å². The molecule has 0 saturated carbocycles. The van der Waals surface area contributed by atoms with E-state index in [0.29, 0.717) is 24.2 Å². The highest BCUT2D eigenvalue weighted by atomic mass is 19.1. The number of aliphatic hydroxyl groups is 1. The van der Waals surface area contributed by atoms with Gasteiger partial charge in [-0.3, -0.25) is 0 Å². The Bertz CT molecular complexity index is 399.